The molecule has 0 fully saturated rings. The van der Waals surface area contributed by atoms with Gasteiger partial charge in [0.15, 0.2) is 0 Å². The van der Waals surface area contributed by atoms with Crippen LogP contribution < -0.4 is 0 Å². The van der Waals surface area contributed by atoms with Crippen molar-refractivity contribution in [3.8, 4) is 0 Å². The fourth-order valence-corrected chi connectivity index (χ4v) is 0.586. The Kier molecular flexibility index (Phi) is 1.90. The van der Waals surface area contributed by atoms with E-state index in [2.05, 4.69) is 6.54 Å². The molecule has 0 aliphatic rings. The number of furan rings is 1. The van der Waals surface area contributed by atoms with E-state index in [0.29, 0.717) is 0 Å². The first kappa shape index (κ1) is 6.36. The Bertz CT molecular complexity index is 155. The summed E-state index contributed by atoms with van der Waals surface area (Å²) in [5.74, 6) is 0. The number of hydrogen-bond donors (Lipinski definition) is 0. The lowest BCUT2D eigenvalue weighted by Gasteiger charge is -2.02. The smallest absolute Gasteiger partial charge is 0.0991 e. The van der Waals surface area contributed by atoms with Crippen LogP contribution in [0.4, 0.5) is 0 Å². The van der Waals surface area contributed by atoms with E-state index in [1.54, 1.807) is 12.5 Å². The monoisotopic (exact) mass is 123 g/mol. The summed E-state index contributed by atoms with van der Waals surface area (Å²) in [7, 11) is 3.85. The summed E-state index contributed by atoms with van der Waals surface area (Å²) in [6.07, 6.45) is 3.28. The zero-order chi connectivity index (χ0) is 6.69. The van der Waals surface area contributed by atoms with E-state index in [1.165, 1.54) is 0 Å². The van der Waals surface area contributed by atoms with E-state index < -0.39 is 0 Å². The molecule has 0 unspecified atom stereocenters. The third kappa shape index (κ3) is 1.90. The van der Waals surface area contributed by atoms with E-state index in [0.717, 1.165) is 5.56 Å². The van der Waals surface area contributed by atoms with Crippen LogP contribution >= 0.6 is 0 Å². The van der Waals surface area contributed by atoms with Gasteiger partial charge < -0.3 is 4.42 Å². The highest BCUT2D eigenvalue weighted by Crippen LogP contribution is 2.03. The van der Waals surface area contributed by atoms with Crippen LogP contribution in [0.2, 0.25) is 0 Å². The third-order valence-corrected chi connectivity index (χ3v) is 0.874. The predicted octanol–water partition coefficient (Wildman–Crippen LogP) is 1.23. The summed E-state index contributed by atoms with van der Waals surface area (Å²) in [5, 5.41) is 0. The van der Waals surface area contributed by atoms with Crippen molar-refractivity contribution >= 4 is 0 Å². The van der Waals surface area contributed by atoms with E-state index >= 15 is 0 Å². The maximum atomic E-state index is 4.83. The van der Waals surface area contributed by atoms with Gasteiger partial charge in [0.2, 0.25) is 0 Å². The van der Waals surface area contributed by atoms with Crippen LogP contribution in [0, 0.1) is 6.54 Å². The van der Waals surface area contributed by atoms with Crippen LogP contribution in [0.1, 0.15) is 5.56 Å². The fourth-order valence-electron chi connectivity index (χ4n) is 0.586. The molecular formula is C7H9NO. The van der Waals surface area contributed by atoms with Gasteiger partial charge in [-0.05, 0) is 20.2 Å². The zero-order valence-corrected chi connectivity index (χ0v) is 5.59. The molecule has 0 bridgehead atoms. The molecule has 1 heterocycles. The molecule has 0 amide bonds. The first-order valence-electron chi connectivity index (χ1n) is 2.75. The highest BCUT2D eigenvalue weighted by Gasteiger charge is 1.95. The lowest BCUT2D eigenvalue weighted by molar-refractivity contribution is 0.509. The van der Waals surface area contributed by atoms with Gasteiger partial charge in [-0.15, -0.1) is 0 Å². The second-order valence-corrected chi connectivity index (χ2v) is 2.02. The maximum Gasteiger partial charge on any atom is 0.0991 e. The van der Waals surface area contributed by atoms with Crippen molar-refractivity contribution < 1.29 is 4.42 Å². The van der Waals surface area contributed by atoms with Gasteiger partial charge >= 0.3 is 0 Å². The van der Waals surface area contributed by atoms with Crippen LogP contribution in [-0.4, -0.2) is 19.0 Å². The Balaban J connectivity index is 2.48. The minimum absolute atomic E-state index is 0.972. The summed E-state index contributed by atoms with van der Waals surface area (Å²) >= 11 is 0. The first-order valence-corrected chi connectivity index (χ1v) is 2.75. The third-order valence-electron chi connectivity index (χ3n) is 0.874. The van der Waals surface area contributed by atoms with Gasteiger partial charge in [-0.25, -0.2) is 0 Å². The molecule has 1 rings (SSSR count). The molecule has 48 valence electrons. The first-order chi connectivity index (χ1) is 4.29. The van der Waals surface area contributed by atoms with Crippen LogP contribution in [-0.2, 0) is 0 Å². The van der Waals surface area contributed by atoms with Crippen LogP contribution in [0.3, 0.4) is 0 Å². The largest absolute Gasteiger partial charge is 0.472 e. The quantitative estimate of drug-likeness (QED) is 0.550. The highest BCUT2D eigenvalue weighted by atomic mass is 16.3. The molecular weight excluding hydrogens is 114 g/mol. The molecule has 9 heavy (non-hydrogen) atoms. The lowest BCUT2D eigenvalue weighted by Crippen LogP contribution is -2.06. The zero-order valence-electron chi connectivity index (χ0n) is 5.59. The Morgan fingerprint density at radius 2 is 2.33 bits per heavy atom. The van der Waals surface area contributed by atoms with E-state index in [1.807, 2.05) is 25.1 Å². The normalized spacial score (nSPS) is 10.6. The number of rotatable bonds is 2. The van der Waals surface area contributed by atoms with Crippen molar-refractivity contribution in [3.05, 3.63) is 30.7 Å². The van der Waals surface area contributed by atoms with Gasteiger partial charge in [-0.2, -0.15) is 0 Å². The summed E-state index contributed by atoms with van der Waals surface area (Å²) < 4.78 is 4.83. The summed E-state index contributed by atoms with van der Waals surface area (Å²) in [6.45, 7) is 3.02. The summed E-state index contributed by atoms with van der Waals surface area (Å²) in [6, 6.07) is 1.86. The van der Waals surface area contributed by atoms with Gasteiger partial charge in [-0.1, -0.05) is 0 Å². The fraction of sp³-hybridized carbons (Fsp3) is 0.286. The molecule has 0 saturated heterocycles. The molecule has 0 aromatic carbocycles. The molecule has 0 aliphatic heterocycles. The van der Waals surface area contributed by atoms with Gasteiger partial charge in [-0.3, -0.25) is 4.90 Å². The van der Waals surface area contributed by atoms with E-state index in [9.17, 15) is 0 Å². The molecule has 0 N–H and O–H groups in total. The summed E-state index contributed by atoms with van der Waals surface area (Å²) in [4.78, 5) is 1.85. The minimum atomic E-state index is 0.972. The molecule has 2 heteroatoms. The number of nitrogens with zero attached hydrogens (tertiary/aromatic N) is 1. The SMILES string of the molecule is CN(C)[C]c1ccoc1. The Morgan fingerprint density at radius 3 is 2.78 bits per heavy atom. The summed E-state index contributed by atoms with van der Waals surface area (Å²) in [5.41, 5.74) is 0.972. The van der Waals surface area contributed by atoms with Crippen molar-refractivity contribution in [3.63, 3.8) is 0 Å². The van der Waals surface area contributed by atoms with Crippen molar-refractivity contribution in [2.75, 3.05) is 14.1 Å². The maximum absolute atomic E-state index is 4.83. The second-order valence-electron chi connectivity index (χ2n) is 2.02. The molecule has 0 saturated carbocycles. The van der Waals surface area contributed by atoms with Crippen molar-refractivity contribution in [2.45, 2.75) is 0 Å². The van der Waals surface area contributed by atoms with Gasteiger partial charge in [0.1, 0.15) is 0 Å². The van der Waals surface area contributed by atoms with Gasteiger partial charge in [0.05, 0.1) is 19.1 Å². The highest BCUT2D eigenvalue weighted by molar-refractivity contribution is 5.14. The Labute approximate surface area is 55.1 Å². The van der Waals surface area contributed by atoms with Crippen LogP contribution in [0.5, 0.6) is 0 Å². The van der Waals surface area contributed by atoms with Gasteiger partial charge in [0.25, 0.3) is 0 Å². The van der Waals surface area contributed by atoms with Crippen molar-refractivity contribution in [1.29, 1.82) is 0 Å². The molecule has 1 aromatic rings. The van der Waals surface area contributed by atoms with E-state index in [-0.39, 0.29) is 0 Å². The molecule has 0 atom stereocenters. The topological polar surface area (TPSA) is 16.4 Å². The molecule has 0 spiro atoms. The minimum Gasteiger partial charge on any atom is -0.472 e. The Morgan fingerprint density at radius 1 is 1.56 bits per heavy atom. The van der Waals surface area contributed by atoms with E-state index in [4.69, 9.17) is 4.42 Å². The molecule has 2 nitrogen and oxygen atoms in total. The Hall–Kier alpha value is -0.760. The average Bonchev–Trinajstić information content (AvgIpc) is 2.15. The molecule has 1 aromatic heterocycles. The standard InChI is InChI=1S/C7H9NO/c1-8(2)5-7-3-4-9-6-7/h3-4,6H,1-2H3. The average molecular weight is 123 g/mol. The molecule has 2 radical (unpaired) electrons. The number of hydrogen-bond acceptors (Lipinski definition) is 2. The van der Waals surface area contributed by atoms with Crippen molar-refractivity contribution in [2.24, 2.45) is 0 Å². The predicted molar refractivity (Wildman–Crippen MR) is 34.7 cm³/mol. The second kappa shape index (κ2) is 2.69. The van der Waals surface area contributed by atoms with Crippen molar-refractivity contribution in [1.82, 2.24) is 4.90 Å². The molecule has 0 aliphatic carbocycles. The van der Waals surface area contributed by atoms with Gasteiger partial charge in [0, 0.05) is 5.56 Å². The van der Waals surface area contributed by atoms with Crippen LogP contribution in [0.15, 0.2) is 23.0 Å². The van der Waals surface area contributed by atoms with Crippen LogP contribution in [0.25, 0.3) is 0 Å². The lowest BCUT2D eigenvalue weighted by atomic mass is 10.3.